The SMILES string of the molecule is Cc1ncsc1C(=O)N1CCC[C@]2(CCC(=O)N(CCc3ccccn3)C2)C1. The van der Waals surface area contributed by atoms with Crippen LogP contribution in [0.5, 0.6) is 0 Å². The molecule has 2 aromatic heterocycles. The molecular weight excluding hydrogens is 372 g/mol. The predicted molar refractivity (Wildman–Crippen MR) is 108 cm³/mol. The minimum atomic E-state index is 0.0184. The number of amides is 2. The molecule has 148 valence electrons. The van der Waals surface area contributed by atoms with Crippen LogP contribution in [0, 0.1) is 12.3 Å². The molecule has 2 aromatic rings. The average Bonchev–Trinajstić information content (AvgIpc) is 3.15. The van der Waals surface area contributed by atoms with Crippen molar-refractivity contribution in [3.8, 4) is 0 Å². The van der Waals surface area contributed by atoms with Gasteiger partial charge in [0, 0.05) is 56.3 Å². The highest BCUT2D eigenvalue weighted by Gasteiger charge is 2.43. The summed E-state index contributed by atoms with van der Waals surface area (Å²) < 4.78 is 0. The molecule has 0 aromatic carbocycles. The number of rotatable bonds is 4. The molecule has 0 aliphatic carbocycles. The first-order valence-electron chi connectivity index (χ1n) is 9.93. The maximum atomic E-state index is 13.0. The monoisotopic (exact) mass is 398 g/mol. The predicted octanol–water partition coefficient (Wildman–Crippen LogP) is 2.93. The van der Waals surface area contributed by atoms with Gasteiger partial charge in [0.05, 0.1) is 11.2 Å². The van der Waals surface area contributed by atoms with Gasteiger partial charge >= 0.3 is 0 Å². The quantitative estimate of drug-likeness (QED) is 0.794. The van der Waals surface area contributed by atoms with E-state index in [0.29, 0.717) is 13.0 Å². The lowest BCUT2D eigenvalue weighted by Gasteiger charge is -2.48. The molecular formula is C21H26N4O2S. The average molecular weight is 399 g/mol. The molecule has 4 heterocycles. The van der Waals surface area contributed by atoms with Crippen molar-refractivity contribution in [1.82, 2.24) is 19.8 Å². The summed E-state index contributed by atoms with van der Waals surface area (Å²) >= 11 is 1.42. The van der Waals surface area contributed by atoms with E-state index in [4.69, 9.17) is 0 Å². The van der Waals surface area contributed by atoms with Crippen LogP contribution in [0.25, 0.3) is 0 Å². The third-order valence-electron chi connectivity index (χ3n) is 6.00. The van der Waals surface area contributed by atoms with E-state index in [2.05, 4.69) is 9.97 Å². The number of aryl methyl sites for hydroxylation is 1. The maximum absolute atomic E-state index is 13.0. The molecule has 0 radical (unpaired) electrons. The van der Waals surface area contributed by atoms with Crippen molar-refractivity contribution in [2.75, 3.05) is 26.2 Å². The number of aromatic nitrogens is 2. The van der Waals surface area contributed by atoms with Crippen LogP contribution in [-0.4, -0.2) is 57.8 Å². The van der Waals surface area contributed by atoms with Gasteiger partial charge in [-0.3, -0.25) is 14.6 Å². The standard InChI is InChI=1S/C21H26N4O2S/c1-16-19(28-15-23-16)20(27)25-11-4-8-21(14-25)9-6-18(26)24(13-21)12-7-17-5-2-3-10-22-17/h2-3,5,10,15H,4,6-9,11-14H2,1H3/t21-/m1/s1. The number of carbonyl (C=O) groups is 2. The highest BCUT2D eigenvalue weighted by atomic mass is 32.1. The largest absolute Gasteiger partial charge is 0.342 e. The van der Waals surface area contributed by atoms with Gasteiger partial charge < -0.3 is 9.80 Å². The van der Waals surface area contributed by atoms with Gasteiger partial charge in [0.1, 0.15) is 4.88 Å². The van der Waals surface area contributed by atoms with E-state index in [1.807, 2.05) is 34.9 Å². The molecule has 4 rings (SSSR count). The van der Waals surface area contributed by atoms with Crippen LogP contribution < -0.4 is 0 Å². The number of likely N-dealkylation sites (tertiary alicyclic amines) is 2. The Bertz CT molecular complexity index is 853. The van der Waals surface area contributed by atoms with E-state index < -0.39 is 0 Å². The Labute approximate surface area is 169 Å². The highest BCUT2D eigenvalue weighted by Crippen LogP contribution is 2.39. The Morgan fingerprint density at radius 2 is 2.14 bits per heavy atom. The molecule has 2 saturated heterocycles. The third kappa shape index (κ3) is 3.94. The van der Waals surface area contributed by atoms with Crippen molar-refractivity contribution in [3.05, 3.63) is 46.2 Å². The molecule has 0 unspecified atom stereocenters. The van der Waals surface area contributed by atoms with Gasteiger partial charge in [-0.25, -0.2) is 4.98 Å². The van der Waals surface area contributed by atoms with Crippen LogP contribution in [0.1, 0.15) is 46.7 Å². The van der Waals surface area contributed by atoms with Crippen molar-refractivity contribution in [2.45, 2.75) is 39.0 Å². The summed E-state index contributed by atoms with van der Waals surface area (Å²) in [6, 6.07) is 5.89. The lowest BCUT2D eigenvalue weighted by Crippen LogP contribution is -2.55. The van der Waals surface area contributed by atoms with Gasteiger partial charge in [-0.15, -0.1) is 11.3 Å². The molecule has 1 atom stereocenters. The summed E-state index contributed by atoms with van der Waals surface area (Å²) in [5.41, 5.74) is 3.58. The summed E-state index contributed by atoms with van der Waals surface area (Å²) in [5, 5.41) is 0. The van der Waals surface area contributed by atoms with Crippen LogP contribution in [-0.2, 0) is 11.2 Å². The Morgan fingerprint density at radius 1 is 1.25 bits per heavy atom. The molecule has 2 fully saturated rings. The van der Waals surface area contributed by atoms with Gasteiger partial charge in [-0.05, 0) is 38.3 Å². The zero-order valence-electron chi connectivity index (χ0n) is 16.3. The molecule has 0 saturated carbocycles. The fourth-order valence-corrected chi connectivity index (χ4v) is 5.24. The number of piperidine rings is 2. The fraction of sp³-hybridized carbons (Fsp3) is 0.524. The Hall–Kier alpha value is -2.28. The van der Waals surface area contributed by atoms with Crippen molar-refractivity contribution < 1.29 is 9.59 Å². The number of nitrogens with zero attached hydrogens (tertiary/aromatic N) is 4. The second-order valence-electron chi connectivity index (χ2n) is 7.98. The molecule has 0 N–H and O–H groups in total. The summed E-state index contributed by atoms with van der Waals surface area (Å²) in [5.74, 6) is 0.319. The van der Waals surface area contributed by atoms with Crippen molar-refractivity contribution >= 4 is 23.2 Å². The fourth-order valence-electron chi connectivity index (χ4n) is 4.47. The summed E-state index contributed by atoms with van der Waals surface area (Å²) in [7, 11) is 0. The Balaban J connectivity index is 1.43. The third-order valence-corrected chi connectivity index (χ3v) is 6.92. The zero-order chi connectivity index (χ0) is 19.6. The highest BCUT2D eigenvalue weighted by molar-refractivity contribution is 7.11. The Morgan fingerprint density at radius 3 is 2.89 bits per heavy atom. The van der Waals surface area contributed by atoms with Crippen LogP contribution in [0.15, 0.2) is 29.9 Å². The van der Waals surface area contributed by atoms with Crippen molar-refractivity contribution in [1.29, 1.82) is 0 Å². The molecule has 7 heteroatoms. The topological polar surface area (TPSA) is 66.4 Å². The van der Waals surface area contributed by atoms with Gasteiger partial charge in [0.15, 0.2) is 0 Å². The van der Waals surface area contributed by atoms with Gasteiger partial charge in [-0.2, -0.15) is 0 Å². The van der Waals surface area contributed by atoms with Gasteiger partial charge in [0.25, 0.3) is 5.91 Å². The lowest BCUT2D eigenvalue weighted by atomic mass is 9.73. The summed E-state index contributed by atoms with van der Waals surface area (Å²) in [6.45, 7) is 4.85. The van der Waals surface area contributed by atoms with E-state index >= 15 is 0 Å². The second-order valence-corrected chi connectivity index (χ2v) is 8.84. The maximum Gasteiger partial charge on any atom is 0.265 e. The van der Waals surface area contributed by atoms with Gasteiger partial charge in [0.2, 0.25) is 5.91 Å². The number of carbonyl (C=O) groups excluding carboxylic acids is 2. The van der Waals surface area contributed by atoms with Crippen molar-refractivity contribution in [3.63, 3.8) is 0 Å². The molecule has 2 aliphatic heterocycles. The summed E-state index contributed by atoms with van der Waals surface area (Å²) in [4.78, 5) is 38.8. The number of hydrogen-bond donors (Lipinski definition) is 0. The van der Waals surface area contributed by atoms with E-state index in [9.17, 15) is 9.59 Å². The molecule has 28 heavy (non-hydrogen) atoms. The lowest BCUT2D eigenvalue weighted by molar-refractivity contribution is -0.138. The van der Waals surface area contributed by atoms with E-state index in [1.54, 1.807) is 11.7 Å². The normalized spacial score (nSPS) is 22.7. The number of thiazole rings is 1. The van der Waals surface area contributed by atoms with Crippen LogP contribution in [0.3, 0.4) is 0 Å². The zero-order valence-corrected chi connectivity index (χ0v) is 17.1. The first kappa shape index (κ1) is 19.1. The van der Waals surface area contributed by atoms with E-state index in [0.717, 1.165) is 61.6 Å². The first-order valence-corrected chi connectivity index (χ1v) is 10.8. The van der Waals surface area contributed by atoms with Gasteiger partial charge in [-0.1, -0.05) is 6.07 Å². The molecule has 6 nitrogen and oxygen atoms in total. The smallest absolute Gasteiger partial charge is 0.265 e. The van der Waals surface area contributed by atoms with Crippen LogP contribution in [0.4, 0.5) is 0 Å². The summed E-state index contributed by atoms with van der Waals surface area (Å²) in [6.07, 6.45) is 6.07. The van der Waals surface area contributed by atoms with E-state index in [-0.39, 0.29) is 17.2 Å². The molecule has 0 bridgehead atoms. The molecule has 1 spiro atoms. The number of pyridine rings is 1. The van der Waals surface area contributed by atoms with Crippen molar-refractivity contribution in [2.24, 2.45) is 5.41 Å². The first-order chi connectivity index (χ1) is 13.6. The minimum Gasteiger partial charge on any atom is -0.342 e. The molecule has 2 aliphatic rings. The number of hydrogen-bond acceptors (Lipinski definition) is 5. The Kier molecular flexibility index (Phi) is 5.44. The minimum absolute atomic E-state index is 0.0184. The van der Waals surface area contributed by atoms with Crippen LogP contribution >= 0.6 is 11.3 Å². The second kappa shape index (κ2) is 7.99. The molecule has 2 amide bonds. The van der Waals surface area contributed by atoms with Crippen LogP contribution in [0.2, 0.25) is 0 Å². The van der Waals surface area contributed by atoms with E-state index in [1.165, 1.54) is 11.3 Å².